The lowest BCUT2D eigenvalue weighted by Gasteiger charge is -2.33. The fourth-order valence-electron chi connectivity index (χ4n) is 4.25. The highest BCUT2D eigenvalue weighted by Gasteiger charge is 2.29. The normalized spacial score (nSPS) is 18.3. The van der Waals surface area contributed by atoms with Crippen molar-refractivity contribution in [2.75, 3.05) is 32.7 Å². The fraction of sp³-hybridized carbons (Fsp3) is 0.500. The largest absolute Gasteiger partial charge is 0.474 e. The zero-order chi connectivity index (χ0) is 23.3. The van der Waals surface area contributed by atoms with Crippen LogP contribution in [0.5, 0.6) is 5.88 Å². The van der Waals surface area contributed by atoms with Crippen molar-refractivity contribution in [3.8, 4) is 5.88 Å². The number of amides is 1. The van der Waals surface area contributed by atoms with Crippen LogP contribution in [0.3, 0.4) is 0 Å². The summed E-state index contributed by atoms with van der Waals surface area (Å²) in [5.41, 5.74) is 1.97. The van der Waals surface area contributed by atoms with Crippen molar-refractivity contribution in [2.24, 2.45) is 0 Å². The minimum atomic E-state index is -3.50. The van der Waals surface area contributed by atoms with Gasteiger partial charge in [-0.2, -0.15) is 4.31 Å². The summed E-state index contributed by atoms with van der Waals surface area (Å²) in [4.78, 5) is 19.0. The van der Waals surface area contributed by atoms with E-state index in [0.717, 1.165) is 24.0 Å². The first kappa shape index (κ1) is 23.7. The molecule has 0 bridgehead atoms. The quantitative estimate of drug-likeness (QED) is 0.634. The van der Waals surface area contributed by atoms with Crippen molar-refractivity contribution in [3.05, 3.63) is 53.7 Å². The summed E-state index contributed by atoms with van der Waals surface area (Å²) in [6.45, 7) is 4.36. The minimum Gasteiger partial charge on any atom is -0.474 e. The number of nitrogens with one attached hydrogen (secondary N) is 1. The molecule has 1 aliphatic heterocycles. The molecule has 1 amide bonds. The zero-order valence-electron chi connectivity index (χ0n) is 19.1. The van der Waals surface area contributed by atoms with Gasteiger partial charge in [0, 0.05) is 45.0 Å². The molecule has 0 unspecified atom stereocenters. The number of ether oxygens (including phenoxy) is 1. The monoisotopic (exact) mass is 472 g/mol. The lowest BCUT2D eigenvalue weighted by Crippen LogP contribution is -2.50. The molecule has 1 aromatic carbocycles. The van der Waals surface area contributed by atoms with Gasteiger partial charge in [0.25, 0.3) is 0 Å². The molecule has 1 N–H and O–H groups in total. The van der Waals surface area contributed by atoms with Gasteiger partial charge < -0.3 is 10.1 Å². The molecule has 1 aromatic heterocycles. The third-order valence-electron chi connectivity index (χ3n) is 6.24. The number of piperazine rings is 1. The Labute approximate surface area is 196 Å². The van der Waals surface area contributed by atoms with Gasteiger partial charge in [0.05, 0.1) is 11.4 Å². The fourth-order valence-corrected chi connectivity index (χ4v) is 5.67. The number of pyridine rings is 1. The van der Waals surface area contributed by atoms with Crippen LogP contribution >= 0.6 is 0 Å². The molecule has 4 rings (SSSR count). The Hall–Kier alpha value is -2.49. The van der Waals surface area contributed by atoms with Crippen LogP contribution in [-0.4, -0.2) is 67.3 Å². The Morgan fingerprint density at radius 2 is 1.79 bits per heavy atom. The molecule has 2 fully saturated rings. The van der Waals surface area contributed by atoms with E-state index in [2.05, 4.69) is 10.3 Å². The van der Waals surface area contributed by atoms with Crippen LogP contribution in [0.4, 0.5) is 0 Å². The van der Waals surface area contributed by atoms with E-state index in [0.29, 0.717) is 43.5 Å². The van der Waals surface area contributed by atoms with E-state index in [-0.39, 0.29) is 18.6 Å². The first-order valence-corrected chi connectivity index (χ1v) is 13.0. The van der Waals surface area contributed by atoms with Crippen molar-refractivity contribution < 1.29 is 17.9 Å². The van der Waals surface area contributed by atoms with E-state index in [1.165, 1.54) is 17.1 Å². The second-order valence-electron chi connectivity index (χ2n) is 8.80. The molecule has 33 heavy (non-hydrogen) atoms. The summed E-state index contributed by atoms with van der Waals surface area (Å²) in [5.74, 6) is 0.527. The van der Waals surface area contributed by atoms with Crippen LogP contribution in [0.1, 0.15) is 36.8 Å². The van der Waals surface area contributed by atoms with Gasteiger partial charge in [-0.1, -0.05) is 17.7 Å². The van der Waals surface area contributed by atoms with Crippen molar-refractivity contribution in [2.45, 2.75) is 50.2 Å². The van der Waals surface area contributed by atoms with Gasteiger partial charge in [0.15, 0.2) is 0 Å². The number of aromatic nitrogens is 1. The minimum absolute atomic E-state index is 0.0834. The number of carbonyl (C=O) groups excluding carboxylic acids is 1. The molecule has 0 atom stereocenters. The molecule has 2 aliphatic rings. The standard InChI is InChI=1S/C24H32N4O4S/c1-19-6-8-22(9-7-19)33(30,31)28-14-12-27(13-15-28)18-23(29)26-17-20-10-11-25-24(16-20)32-21-4-2-3-5-21/h6-11,16,21H,2-5,12-15,17-18H2,1H3,(H,26,29). The Kier molecular flexibility index (Phi) is 7.62. The van der Waals surface area contributed by atoms with Crippen molar-refractivity contribution >= 4 is 15.9 Å². The highest BCUT2D eigenvalue weighted by atomic mass is 32.2. The Morgan fingerprint density at radius 3 is 2.48 bits per heavy atom. The van der Waals surface area contributed by atoms with Crippen LogP contribution in [0.2, 0.25) is 0 Å². The van der Waals surface area contributed by atoms with E-state index in [1.54, 1.807) is 30.5 Å². The lowest BCUT2D eigenvalue weighted by atomic mass is 10.2. The number of rotatable bonds is 8. The van der Waals surface area contributed by atoms with E-state index < -0.39 is 10.0 Å². The Morgan fingerprint density at radius 1 is 1.09 bits per heavy atom. The second kappa shape index (κ2) is 10.6. The average Bonchev–Trinajstić information content (AvgIpc) is 3.32. The SMILES string of the molecule is Cc1ccc(S(=O)(=O)N2CCN(CC(=O)NCc3ccnc(OC4CCCC4)c3)CC2)cc1. The molecule has 1 saturated carbocycles. The molecule has 2 aromatic rings. The van der Waals surface area contributed by atoms with Crippen LogP contribution in [0.15, 0.2) is 47.5 Å². The highest BCUT2D eigenvalue weighted by molar-refractivity contribution is 7.89. The number of benzene rings is 1. The number of hydrogen-bond donors (Lipinski definition) is 1. The van der Waals surface area contributed by atoms with E-state index in [4.69, 9.17) is 4.74 Å². The number of carbonyl (C=O) groups is 1. The third-order valence-corrected chi connectivity index (χ3v) is 8.15. The maximum absolute atomic E-state index is 12.8. The molecule has 0 radical (unpaired) electrons. The number of aryl methyl sites for hydroxylation is 1. The van der Waals surface area contributed by atoms with E-state index in [9.17, 15) is 13.2 Å². The van der Waals surface area contributed by atoms with Crippen molar-refractivity contribution in [1.29, 1.82) is 0 Å². The molecule has 1 aliphatic carbocycles. The molecular weight excluding hydrogens is 440 g/mol. The van der Waals surface area contributed by atoms with Gasteiger partial charge in [0.2, 0.25) is 21.8 Å². The van der Waals surface area contributed by atoms with Crippen molar-refractivity contribution in [1.82, 2.24) is 19.5 Å². The smallest absolute Gasteiger partial charge is 0.243 e. The second-order valence-corrected chi connectivity index (χ2v) is 10.7. The number of sulfonamides is 1. The summed E-state index contributed by atoms with van der Waals surface area (Å²) in [6, 6.07) is 10.7. The third kappa shape index (κ3) is 6.31. The van der Waals surface area contributed by atoms with Crippen molar-refractivity contribution in [3.63, 3.8) is 0 Å². The van der Waals surface area contributed by atoms with E-state index >= 15 is 0 Å². The first-order chi connectivity index (χ1) is 15.9. The van der Waals surface area contributed by atoms with Gasteiger partial charge in [-0.25, -0.2) is 13.4 Å². The molecule has 1 saturated heterocycles. The molecule has 178 valence electrons. The van der Waals surface area contributed by atoms with Crippen LogP contribution in [0, 0.1) is 6.92 Å². The Bertz CT molecular complexity index is 1040. The van der Waals surface area contributed by atoms with Gasteiger partial charge in [-0.3, -0.25) is 9.69 Å². The van der Waals surface area contributed by atoms with Gasteiger partial charge in [0.1, 0.15) is 6.10 Å². The number of hydrogen-bond acceptors (Lipinski definition) is 6. The van der Waals surface area contributed by atoms with Gasteiger partial charge >= 0.3 is 0 Å². The predicted molar refractivity (Wildman–Crippen MR) is 125 cm³/mol. The Balaban J connectivity index is 1.22. The average molecular weight is 473 g/mol. The maximum atomic E-state index is 12.8. The van der Waals surface area contributed by atoms with Crippen LogP contribution in [0.25, 0.3) is 0 Å². The summed E-state index contributed by atoms with van der Waals surface area (Å²) in [5, 5.41) is 2.94. The highest BCUT2D eigenvalue weighted by Crippen LogP contribution is 2.23. The molecule has 9 heteroatoms. The predicted octanol–water partition coefficient (Wildman–Crippen LogP) is 2.33. The van der Waals surface area contributed by atoms with E-state index in [1.807, 2.05) is 24.0 Å². The topological polar surface area (TPSA) is 91.8 Å². The summed E-state index contributed by atoms with van der Waals surface area (Å²) < 4.78 is 33.1. The summed E-state index contributed by atoms with van der Waals surface area (Å²) in [7, 11) is -3.50. The van der Waals surface area contributed by atoms with Crippen LogP contribution in [-0.2, 0) is 21.4 Å². The summed E-state index contributed by atoms with van der Waals surface area (Å²) >= 11 is 0. The molecule has 0 spiro atoms. The number of nitrogens with zero attached hydrogens (tertiary/aromatic N) is 3. The molecule has 2 heterocycles. The first-order valence-electron chi connectivity index (χ1n) is 11.6. The molecular formula is C24H32N4O4S. The van der Waals surface area contributed by atoms with Crippen LogP contribution < -0.4 is 10.1 Å². The van der Waals surface area contributed by atoms with Gasteiger partial charge in [-0.15, -0.1) is 0 Å². The van der Waals surface area contributed by atoms with Gasteiger partial charge in [-0.05, 0) is 56.4 Å². The molecule has 8 nitrogen and oxygen atoms in total. The maximum Gasteiger partial charge on any atom is 0.243 e. The zero-order valence-corrected chi connectivity index (χ0v) is 19.9. The lowest BCUT2D eigenvalue weighted by molar-refractivity contribution is -0.122. The summed E-state index contributed by atoms with van der Waals surface area (Å²) in [6.07, 6.45) is 6.50.